The number of nitrogens with one attached hydrogen (secondary N) is 1. The van der Waals surface area contributed by atoms with Crippen LogP contribution in [0, 0.1) is 18.6 Å². The van der Waals surface area contributed by atoms with Gasteiger partial charge in [0.2, 0.25) is 0 Å². The number of anilines is 2. The Balaban J connectivity index is 1.97. The second-order valence-corrected chi connectivity index (χ2v) is 6.39. The SMILES string of the molecule is COC(=O)C=Cc1cnc(Nc2nc(C)cs2)cc1Oc1c(F)cccc1F. The third-order valence-electron chi connectivity index (χ3n) is 3.48. The zero-order valence-electron chi connectivity index (χ0n) is 14.9. The summed E-state index contributed by atoms with van der Waals surface area (Å²) >= 11 is 1.38. The summed E-state index contributed by atoms with van der Waals surface area (Å²) in [6.45, 7) is 1.85. The van der Waals surface area contributed by atoms with Crippen molar-refractivity contribution in [2.75, 3.05) is 12.4 Å². The van der Waals surface area contributed by atoms with E-state index in [4.69, 9.17) is 4.74 Å². The lowest BCUT2D eigenvalue weighted by molar-refractivity contribution is -0.134. The van der Waals surface area contributed by atoms with Crippen LogP contribution in [0.1, 0.15) is 11.3 Å². The van der Waals surface area contributed by atoms with Crippen LogP contribution < -0.4 is 10.1 Å². The van der Waals surface area contributed by atoms with E-state index in [0.29, 0.717) is 16.5 Å². The molecule has 3 rings (SSSR count). The second kappa shape index (κ2) is 8.57. The van der Waals surface area contributed by atoms with Gasteiger partial charge >= 0.3 is 5.97 Å². The van der Waals surface area contributed by atoms with Crippen molar-refractivity contribution in [2.24, 2.45) is 0 Å². The molecule has 144 valence electrons. The van der Waals surface area contributed by atoms with Crippen molar-refractivity contribution in [1.29, 1.82) is 0 Å². The molecule has 0 saturated heterocycles. The topological polar surface area (TPSA) is 73.3 Å². The number of carbonyl (C=O) groups excluding carboxylic acids is 1. The maximum atomic E-state index is 14.0. The quantitative estimate of drug-likeness (QED) is 0.469. The number of carbonyl (C=O) groups is 1. The summed E-state index contributed by atoms with van der Waals surface area (Å²) in [7, 11) is 1.24. The Bertz CT molecular complexity index is 1020. The van der Waals surface area contributed by atoms with Crippen LogP contribution >= 0.6 is 11.3 Å². The summed E-state index contributed by atoms with van der Waals surface area (Å²) in [5.74, 6) is -2.42. The number of halogens is 2. The van der Waals surface area contributed by atoms with Crippen LogP contribution in [0.25, 0.3) is 6.08 Å². The van der Waals surface area contributed by atoms with Gasteiger partial charge in [-0.15, -0.1) is 11.3 Å². The fourth-order valence-electron chi connectivity index (χ4n) is 2.17. The number of aromatic nitrogens is 2. The van der Waals surface area contributed by atoms with Crippen molar-refractivity contribution in [3.05, 3.63) is 64.8 Å². The summed E-state index contributed by atoms with van der Waals surface area (Å²) in [5.41, 5.74) is 1.17. The second-order valence-electron chi connectivity index (χ2n) is 5.54. The predicted octanol–water partition coefficient (Wildman–Crippen LogP) is 4.85. The first kappa shape index (κ1) is 19.4. The number of hydrogen-bond donors (Lipinski definition) is 1. The maximum absolute atomic E-state index is 14.0. The molecule has 0 bridgehead atoms. The normalized spacial score (nSPS) is 10.9. The van der Waals surface area contributed by atoms with Crippen LogP contribution in [-0.4, -0.2) is 23.0 Å². The summed E-state index contributed by atoms with van der Waals surface area (Å²) in [6, 6.07) is 4.86. The van der Waals surface area contributed by atoms with Gasteiger partial charge in [0.25, 0.3) is 0 Å². The van der Waals surface area contributed by atoms with E-state index in [-0.39, 0.29) is 5.75 Å². The van der Waals surface area contributed by atoms with Crippen molar-refractivity contribution in [3.63, 3.8) is 0 Å². The van der Waals surface area contributed by atoms with Crippen molar-refractivity contribution >= 4 is 34.3 Å². The Labute approximate surface area is 163 Å². The van der Waals surface area contributed by atoms with E-state index in [1.54, 1.807) is 0 Å². The number of thiazole rings is 1. The van der Waals surface area contributed by atoms with Crippen molar-refractivity contribution in [3.8, 4) is 11.5 Å². The van der Waals surface area contributed by atoms with Gasteiger partial charge in [-0.3, -0.25) is 0 Å². The highest BCUT2D eigenvalue weighted by molar-refractivity contribution is 7.13. The molecule has 0 saturated carbocycles. The molecule has 0 aliphatic heterocycles. The number of esters is 1. The van der Waals surface area contributed by atoms with Crippen LogP contribution in [0.3, 0.4) is 0 Å². The smallest absolute Gasteiger partial charge is 0.330 e. The number of benzene rings is 1. The number of ether oxygens (including phenoxy) is 2. The van der Waals surface area contributed by atoms with E-state index < -0.39 is 23.4 Å². The van der Waals surface area contributed by atoms with Gasteiger partial charge in [0.05, 0.1) is 12.8 Å². The zero-order chi connectivity index (χ0) is 20.1. The molecule has 0 radical (unpaired) electrons. The van der Waals surface area contributed by atoms with Crippen LogP contribution in [0.2, 0.25) is 0 Å². The third-order valence-corrected chi connectivity index (χ3v) is 4.36. The average molecular weight is 403 g/mol. The number of para-hydroxylation sites is 1. The average Bonchev–Trinajstić information content (AvgIpc) is 3.08. The molecule has 0 unspecified atom stereocenters. The van der Waals surface area contributed by atoms with Gasteiger partial charge in [-0.1, -0.05) is 6.07 Å². The van der Waals surface area contributed by atoms with Crippen molar-refractivity contribution in [1.82, 2.24) is 9.97 Å². The Morgan fingerprint density at radius 2 is 2.04 bits per heavy atom. The lowest BCUT2D eigenvalue weighted by Crippen LogP contribution is -1.99. The number of aryl methyl sites for hydroxylation is 1. The molecule has 0 spiro atoms. The van der Waals surface area contributed by atoms with Crippen molar-refractivity contribution < 1.29 is 23.0 Å². The fourth-order valence-corrected chi connectivity index (χ4v) is 2.86. The van der Waals surface area contributed by atoms with E-state index in [0.717, 1.165) is 23.9 Å². The molecule has 2 aromatic heterocycles. The van der Waals surface area contributed by atoms with E-state index in [2.05, 4.69) is 20.0 Å². The first-order valence-corrected chi connectivity index (χ1v) is 8.91. The fraction of sp³-hybridized carbons (Fsp3) is 0.105. The molecule has 0 amide bonds. The molecular weight excluding hydrogens is 388 g/mol. The number of hydrogen-bond acceptors (Lipinski definition) is 7. The molecule has 28 heavy (non-hydrogen) atoms. The molecule has 2 heterocycles. The number of rotatable bonds is 6. The van der Waals surface area contributed by atoms with Gasteiger partial charge in [-0.05, 0) is 25.1 Å². The van der Waals surface area contributed by atoms with Crippen LogP contribution in [0.15, 0.2) is 41.9 Å². The van der Waals surface area contributed by atoms with Gasteiger partial charge in [-0.2, -0.15) is 0 Å². The van der Waals surface area contributed by atoms with E-state index in [9.17, 15) is 13.6 Å². The molecule has 0 atom stereocenters. The standard InChI is InChI=1S/C19H15F2N3O3S/c1-11-10-28-19(23-11)24-16-8-15(12(9-22-16)6-7-17(25)26-2)27-18-13(20)4-3-5-14(18)21/h3-10H,1-2H3,(H,22,23,24). The maximum Gasteiger partial charge on any atom is 0.330 e. The molecular formula is C19H15F2N3O3S. The minimum Gasteiger partial charge on any atom is -0.466 e. The number of pyridine rings is 1. The Kier molecular flexibility index (Phi) is 5.95. The van der Waals surface area contributed by atoms with Gasteiger partial charge in [0.15, 0.2) is 22.5 Å². The highest BCUT2D eigenvalue weighted by atomic mass is 32.1. The van der Waals surface area contributed by atoms with Crippen molar-refractivity contribution in [2.45, 2.75) is 6.92 Å². The predicted molar refractivity (Wildman–Crippen MR) is 102 cm³/mol. The summed E-state index contributed by atoms with van der Waals surface area (Å²) < 4.78 is 38.0. The molecule has 1 N–H and O–H groups in total. The van der Waals surface area contributed by atoms with E-state index in [1.165, 1.54) is 42.9 Å². The third kappa shape index (κ3) is 4.68. The van der Waals surface area contributed by atoms with Crippen LogP contribution in [-0.2, 0) is 9.53 Å². The minimum atomic E-state index is -0.857. The molecule has 0 aliphatic rings. The largest absolute Gasteiger partial charge is 0.466 e. The molecule has 0 fully saturated rings. The summed E-state index contributed by atoms with van der Waals surface area (Å²) in [5, 5.41) is 5.46. The van der Waals surface area contributed by atoms with Gasteiger partial charge in [-0.25, -0.2) is 23.5 Å². The Hall–Kier alpha value is -3.33. The Morgan fingerprint density at radius 3 is 2.68 bits per heavy atom. The van der Waals surface area contributed by atoms with Crippen LogP contribution in [0.5, 0.6) is 11.5 Å². The highest BCUT2D eigenvalue weighted by Crippen LogP contribution is 2.32. The molecule has 3 aromatic rings. The molecule has 6 nitrogen and oxygen atoms in total. The number of nitrogens with zero attached hydrogens (tertiary/aromatic N) is 2. The van der Waals surface area contributed by atoms with E-state index in [1.807, 2.05) is 12.3 Å². The summed E-state index contributed by atoms with van der Waals surface area (Å²) in [4.78, 5) is 19.9. The number of methoxy groups -OCH3 is 1. The van der Waals surface area contributed by atoms with Gasteiger partial charge < -0.3 is 14.8 Å². The first-order valence-electron chi connectivity index (χ1n) is 8.03. The monoisotopic (exact) mass is 403 g/mol. The van der Waals surface area contributed by atoms with Gasteiger partial charge in [0, 0.05) is 29.3 Å². The summed E-state index contributed by atoms with van der Waals surface area (Å²) in [6.07, 6.45) is 3.93. The molecule has 1 aromatic carbocycles. The lowest BCUT2D eigenvalue weighted by atomic mass is 10.2. The van der Waals surface area contributed by atoms with Gasteiger partial charge in [0.1, 0.15) is 11.6 Å². The lowest BCUT2D eigenvalue weighted by Gasteiger charge is -2.12. The first-order chi connectivity index (χ1) is 13.5. The zero-order valence-corrected chi connectivity index (χ0v) is 15.7. The Morgan fingerprint density at radius 1 is 1.29 bits per heavy atom. The molecule has 0 aliphatic carbocycles. The van der Waals surface area contributed by atoms with E-state index >= 15 is 0 Å². The van der Waals surface area contributed by atoms with Crippen LogP contribution in [0.4, 0.5) is 19.7 Å². The molecule has 9 heteroatoms. The highest BCUT2D eigenvalue weighted by Gasteiger charge is 2.14. The minimum absolute atomic E-state index is 0.0925.